The van der Waals surface area contributed by atoms with Gasteiger partial charge in [-0.25, -0.2) is 4.98 Å². The van der Waals surface area contributed by atoms with E-state index in [1.54, 1.807) is 46.2 Å². The number of anilines is 1. The van der Waals surface area contributed by atoms with Gasteiger partial charge in [0.1, 0.15) is 4.83 Å². The molecule has 6 nitrogen and oxygen atoms in total. The van der Waals surface area contributed by atoms with Crippen molar-refractivity contribution in [1.82, 2.24) is 9.55 Å². The molecule has 0 atom stereocenters. The summed E-state index contributed by atoms with van der Waals surface area (Å²) >= 11 is 2.88. The Balaban J connectivity index is 1.59. The van der Waals surface area contributed by atoms with Gasteiger partial charge in [0.2, 0.25) is 5.91 Å². The van der Waals surface area contributed by atoms with Crippen LogP contribution in [0.2, 0.25) is 0 Å². The third kappa shape index (κ3) is 4.50. The molecule has 0 radical (unpaired) electrons. The molecule has 0 saturated heterocycles. The van der Waals surface area contributed by atoms with Gasteiger partial charge in [0.15, 0.2) is 10.9 Å². The van der Waals surface area contributed by atoms with E-state index in [1.807, 2.05) is 0 Å². The molecule has 2 heterocycles. The van der Waals surface area contributed by atoms with Crippen LogP contribution in [-0.4, -0.2) is 27.0 Å². The van der Waals surface area contributed by atoms with Crippen LogP contribution >= 0.6 is 23.1 Å². The van der Waals surface area contributed by atoms with Crippen molar-refractivity contribution in [3.05, 3.63) is 63.3 Å². The first-order chi connectivity index (χ1) is 15.0. The SMILES string of the molecule is C=CCn1c(SCC(=O)c2ccc(NC(C)=O)cc2)nc2sc3c(c2c1=O)CCCC3. The fourth-order valence-corrected chi connectivity index (χ4v) is 5.98. The molecule has 0 unspecified atom stereocenters. The lowest BCUT2D eigenvalue weighted by atomic mass is 9.97. The molecule has 1 aromatic carbocycles. The number of thioether (sulfide) groups is 1. The monoisotopic (exact) mass is 453 g/mol. The first-order valence-electron chi connectivity index (χ1n) is 10.2. The maximum Gasteiger partial charge on any atom is 0.263 e. The summed E-state index contributed by atoms with van der Waals surface area (Å²) in [6.45, 7) is 5.57. The van der Waals surface area contributed by atoms with Crippen LogP contribution in [0.3, 0.4) is 0 Å². The Morgan fingerprint density at radius 3 is 2.71 bits per heavy atom. The summed E-state index contributed by atoms with van der Waals surface area (Å²) in [6.07, 6.45) is 5.87. The van der Waals surface area contributed by atoms with E-state index in [0.29, 0.717) is 23.0 Å². The lowest BCUT2D eigenvalue weighted by Crippen LogP contribution is -2.23. The molecule has 4 rings (SSSR count). The molecule has 0 spiro atoms. The standard InChI is InChI=1S/C23H23N3O3S2/c1-3-12-26-22(29)20-17-6-4-5-7-19(17)31-21(20)25-23(26)30-13-18(28)15-8-10-16(11-9-15)24-14(2)27/h3,8-11H,1,4-7,12-13H2,2H3,(H,24,27). The van der Waals surface area contributed by atoms with Gasteiger partial charge in [-0.3, -0.25) is 19.0 Å². The number of fused-ring (bicyclic) bond motifs is 3. The van der Waals surface area contributed by atoms with E-state index in [2.05, 4.69) is 11.9 Å². The number of Topliss-reactive ketones (excluding diaryl/α,β-unsaturated/α-hetero) is 1. The first kappa shape index (κ1) is 21.5. The van der Waals surface area contributed by atoms with E-state index in [9.17, 15) is 14.4 Å². The van der Waals surface area contributed by atoms with Gasteiger partial charge in [0.05, 0.1) is 11.1 Å². The van der Waals surface area contributed by atoms with Crippen molar-refractivity contribution in [3.63, 3.8) is 0 Å². The van der Waals surface area contributed by atoms with Gasteiger partial charge in [-0.2, -0.15) is 0 Å². The Labute approximate surface area is 188 Å². The van der Waals surface area contributed by atoms with Gasteiger partial charge in [0.25, 0.3) is 5.56 Å². The van der Waals surface area contributed by atoms with Gasteiger partial charge in [-0.15, -0.1) is 17.9 Å². The summed E-state index contributed by atoms with van der Waals surface area (Å²) in [5.74, 6) is -0.0597. The van der Waals surface area contributed by atoms with Gasteiger partial charge < -0.3 is 5.32 Å². The third-order valence-electron chi connectivity index (χ3n) is 5.21. The molecular weight excluding hydrogens is 430 g/mol. The molecule has 2 aromatic heterocycles. The highest BCUT2D eigenvalue weighted by Crippen LogP contribution is 2.34. The van der Waals surface area contributed by atoms with Crippen molar-refractivity contribution < 1.29 is 9.59 Å². The average molecular weight is 454 g/mol. The predicted molar refractivity (Wildman–Crippen MR) is 127 cm³/mol. The molecule has 1 aliphatic carbocycles. The summed E-state index contributed by atoms with van der Waals surface area (Å²) in [7, 11) is 0. The van der Waals surface area contributed by atoms with Crippen molar-refractivity contribution >= 4 is 50.7 Å². The number of aromatic nitrogens is 2. The number of aryl methyl sites for hydroxylation is 2. The molecule has 0 fully saturated rings. The van der Waals surface area contributed by atoms with Gasteiger partial charge in [-0.05, 0) is 55.5 Å². The summed E-state index contributed by atoms with van der Waals surface area (Å²) < 4.78 is 1.62. The van der Waals surface area contributed by atoms with Crippen LogP contribution in [-0.2, 0) is 24.2 Å². The molecule has 1 aliphatic rings. The van der Waals surface area contributed by atoms with Gasteiger partial charge >= 0.3 is 0 Å². The maximum atomic E-state index is 13.3. The zero-order valence-corrected chi connectivity index (χ0v) is 18.9. The zero-order chi connectivity index (χ0) is 22.0. The van der Waals surface area contributed by atoms with Crippen LogP contribution in [0.5, 0.6) is 0 Å². The number of rotatable bonds is 7. The molecule has 8 heteroatoms. The number of ketones is 1. The minimum absolute atomic E-state index is 0.0427. The van der Waals surface area contributed by atoms with Crippen molar-refractivity contribution in [2.45, 2.75) is 44.3 Å². The highest BCUT2D eigenvalue weighted by atomic mass is 32.2. The normalized spacial score (nSPS) is 13.1. The lowest BCUT2D eigenvalue weighted by Gasteiger charge is -2.12. The molecular formula is C23H23N3O3S2. The highest BCUT2D eigenvalue weighted by Gasteiger charge is 2.22. The Morgan fingerprint density at radius 1 is 1.26 bits per heavy atom. The molecule has 1 N–H and O–H groups in total. The minimum Gasteiger partial charge on any atom is -0.326 e. The number of hydrogen-bond acceptors (Lipinski definition) is 6. The second-order valence-corrected chi connectivity index (χ2v) is 9.49. The molecule has 3 aromatic rings. The van der Waals surface area contributed by atoms with E-state index >= 15 is 0 Å². The Hall–Kier alpha value is -2.71. The number of carbonyl (C=O) groups excluding carboxylic acids is 2. The van der Waals surface area contributed by atoms with Crippen LogP contribution < -0.4 is 10.9 Å². The van der Waals surface area contributed by atoms with Crippen molar-refractivity contribution in [1.29, 1.82) is 0 Å². The van der Waals surface area contributed by atoms with Crippen molar-refractivity contribution in [2.24, 2.45) is 0 Å². The van der Waals surface area contributed by atoms with Gasteiger partial charge in [0, 0.05) is 29.6 Å². The van der Waals surface area contributed by atoms with E-state index in [0.717, 1.165) is 41.5 Å². The number of hydrogen-bond donors (Lipinski definition) is 1. The zero-order valence-electron chi connectivity index (χ0n) is 17.3. The van der Waals surface area contributed by atoms with E-state index in [4.69, 9.17) is 4.98 Å². The highest BCUT2D eigenvalue weighted by molar-refractivity contribution is 7.99. The number of carbonyl (C=O) groups is 2. The lowest BCUT2D eigenvalue weighted by molar-refractivity contribution is -0.114. The summed E-state index contributed by atoms with van der Waals surface area (Å²) in [6, 6.07) is 6.78. The predicted octanol–water partition coefficient (Wildman–Crippen LogP) is 4.46. The largest absolute Gasteiger partial charge is 0.326 e. The van der Waals surface area contributed by atoms with Crippen molar-refractivity contribution in [2.75, 3.05) is 11.1 Å². The van der Waals surface area contributed by atoms with E-state index in [-0.39, 0.29) is 23.0 Å². The summed E-state index contributed by atoms with van der Waals surface area (Å²) in [5.41, 5.74) is 2.31. The minimum atomic E-state index is -0.161. The molecule has 160 valence electrons. The van der Waals surface area contributed by atoms with Crippen LogP contribution in [0.1, 0.15) is 40.6 Å². The molecule has 0 aliphatic heterocycles. The molecule has 31 heavy (non-hydrogen) atoms. The Kier molecular flexibility index (Phi) is 6.38. The molecule has 0 bridgehead atoms. The van der Waals surface area contributed by atoms with Crippen molar-refractivity contribution in [3.8, 4) is 0 Å². The van der Waals surface area contributed by atoms with Crippen LogP contribution in [0.4, 0.5) is 5.69 Å². The fraction of sp³-hybridized carbons (Fsp3) is 0.304. The molecule has 1 amide bonds. The second-order valence-electron chi connectivity index (χ2n) is 7.46. The van der Waals surface area contributed by atoms with Gasteiger partial charge in [-0.1, -0.05) is 17.8 Å². The number of allylic oxidation sites excluding steroid dienone is 1. The van der Waals surface area contributed by atoms with Crippen LogP contribution in [0.15, 0.2) is 46.9 Å². The number of amides is 1. The topological polar surface area (TPSA) is 81.1 Å². The summed E-state index contributed by atoms with van der Waals surface area (Å²) in [4.78, 5) is 43.9. The average Bonchev–Trinajstić information content (AvgIpc) is 3.13. The smallest absolute Gasteiger partial charge is 0.263 e. The van der Waals surface area contributed by atoms with E-state index < -0.39 is 0 Å². The second kappa shape index (κ2) is 9.20. The van der Waals surface area contributed by atoms with Crippen LogP contribution in [0, 0.1) is 0 Å². The third-order valence-corrected chi connectivity index (χ3v) is 7.37. The Bertz CT molecular complexity index is 1230. The Morgan fingerprint density at radius 2 is 2.00 bits per heavy atom. The number of nitrogens with one attached hydrogen (secondary N) is 1. The number of thiophene rings is 1. The molecule has 0 saturated carbocycles. The number of benzene rings is 1. The maximum absolute atomic E-state index is 13.3. The summed E-state index contributed by atoms with van der Waals surface area (Å²) in [5, 5.41) is 3.96. The van der Waals surface area contributed by atoms with Crippen LogP contribution in [0.25, 0.3) is 10.2 Å². The quantitative estimate of drug-likeness (QED) is 0.247. The number of nitrogens with zero attached hydrogens (tertiary/aromatic N) is 2. The first-order valence-corrected chi connectivity index (χ1v) is 12.0. The fourth-order valence-electron chi connectivity index (χ4n) is 3.78. The van der Waals surface area contributed by atoms with E-state index in [1.165, 1.54) is 23.6 Å².